The zero-order valence-electron chi connectivity index (χ0n) is 11.2. The van der Waals surface area contributed by atoms with Crippen molar-refractivity contribution in [3.63, 3.8) is 0 Å². The predicted octanol–water partition coefficient (Wildman–Crippen LogP) is 1.78. The molecule has 1 amide bonds. The SMILES string of the molecule is CC(C)n1nccc1NC(=O)[C@@H](N)C(C)(C)C. The van der Waals surface area contributed by atoms with E-state index in [1.165, 1.54) is 0 Å². The first-order valence-corrected chi connectivity index (χ1v) is 5.83. The molecular formula is C12H22N4O. The molecule has 0 aliphatic rings. The summed E-state index contributed by atoms with van der Waals surface area (Å²) in [6.45, 7) is 9.84. The minimum atomic E-state index is -0.544. The van der Waals surface area contributed by atoms with Crippen LogP contribution in [0.2, 0.25) is 0 Å². The Bertz CT molecular complexity index is 389. The number of hydrogen-bond acceptors (Lipinski definition) is 3. The van der Waals surface area contributed by atoms with Crippen LogP contribution in [0, 0.1) is 5.41 Å². The van der Waals surface area contributed by atoms with Crippen LogP contribution < -0.4 is 11.1 Å². The topological polar surface area (TPSA) is 72.9 Å². The van der Waals surface area contributed by atoms with Gasteiger partial charge in [-0.2, -0.15) is 5.10 Å². The largest absolute Gasteiger partial charge is 0.319 e. The lowest BCUT2D eigenvalue weighted by Crippen LogP contribution is -2.45. The highest BCUT2D eigenvalue weighted by Crippen LogP contribution is 2.19. The van der Waals surface area contributed by atoms with Crippen molar-refractivity contribution >= 4 is 11.7 Å². The Morgan fingerprint density at radius 3 is 2.53 bits per heavy atom. The van der Waals surface area contributed by atoms with E-state index < -0.39 is 6.04 Å². The van der Waals surface area contributed by atoms with Crippen LogP contribution >= 0.6 is 0 Å². The predicted molar refractivity (Wildman–Crippen MR) is 68.7 cm³/mol. The molecule has 1 aromatic rings. The van der Waals surface area contributed by atoms with Crippen LogP contribution in [0.1, 0.15) is 40.7 Å². The lowest BCUT2D eigenvalue weighted by atomic mass is 9.87. The summed E-state index contributed by atoms with van der Waals surface area (Å²) < 4.78 is 1.76. The molecule has 17 heavy (non-hydrogen) atoms. The highest BCUT2D eigenvalue weighted by atomic mass is 16.2. The van der Waals surface area contributed by atoms with E-state index in [1.807, 2.05) is 34.6 Å². The Morgan fingerprint density at radius 2 is 2.06 bits per heavy atom. The maximum Gasteiger partial charge on any atom is 0.242 e. The van der Waals surface area contributed by atoms with E-state index in [0.717, 1.165) is 0 Å². The monoisotopic (exact) mass is 238 g/mol. The van der Waals surface area contributed by atoms with Crippen molar-refractivity contribution in [3.05, 3.63) is 12.3 Å². The minimum absolute atomic E-state index is 0.181. The van der Waals surface area contributed by atoms with E-state index in [1.54, 1.807) is 16.9 Å². The number of rotatable bonds is 3. The molecule has 1 rings (SSSR count). The standard InChI is InChI=1S/C12H22N4O/c1-8(2)16-9(6-7-14-16)15-11(17)10(13)12(3,4)5/h6-8,10H,13H2,1-5H3,(H,15,17)/t10-/m1/s1. The second kappa shape index (κ2) is 4.87. The molecule has 1 aromatic heterocycles. The van der Waals surface area contributed by atoms with Crippen LogP contribution in [-0.2, 0) is 4.79 Å². The van der Waals surface area contributed by atoms with Crippen molar-refractivity contribution < 1.29 is 4.79 Å². The van der Waals surface area contributed by atoms with Gasteiger partial charge in [-0.3, -0.25) is 4.79 Å². The van der Waals surface area contributed by atoms with Crippen LogP contribution in [0.5, 0.6) is 0 Å². The van der Waals surface area contributed by atoms with Gasteiger partial charge in [-0.05, 0) is 19.3 Å². The van der Waals surface area contributed by atoms with Gasteiger partial charge in [0.25, 0.3) is 0 Å². The Balaban J connectivity index is 2.78. The van der Waals surface area contributed by atoms with Gasteiger partial charge >= 0.3 is 0 Å². The maximum atomic E-state index is 12.0. The summed E-state index contributed by atoms with van der Waals surface area (Å²) in [5.74, 6) is 0.504. The van der Waals surface area contributed by atoms with Gasteiger partial charge in [-0.15, -0.1) is 0 Å². The molecule has 0 fully saturated rings. The van der Waals surface area contributed by atoms with E-state index in [4.69, 9.17) is 5.73 Å². The fraction of sp³-hybridized carbons (Fsp3) is 0.667. The average molecular weight is 238 g/mol. The Morgan fingerprint density at radius 1 is 1.47 bits per heavy atom. The first-order valence-electron chi connectivity index (χ1n) is 5.83. The van der Waals surface area contributed by atoms with Gasteiger partial charge < -0.3 is 11.1 Å². The fourth-order valence-corrected chi connectivity index (χ4v) is 1.42. The van der Waals surface area contributed by atoms with E-state index in [-0.39, 0.29) is 17.4 Å². The molecule has 1 atom stereocenters. The quantitative estimate of drug-likeness (QED) is 0.843. The van der Waals surface area contributed by atoms with Crippen LogP contribution in [0.3, 0.4) is 0 Å². The fourth-order valence-electron chi connectivity index (χ4n) is 1.42. The van der Waals surface area contributed by atoms with Gasteiger partial charge in [0.15, 0.2) is 0 Å². The molecule has 0 saturated carbocycles. The third kappa shape index (κ3) is 3.30. The number of amides is 1. The van der Waals surface area contributed by atoms with Crippen LogP contribution in [0.25, 0.3) is 0 Å². The lowest BCUT2D eigenvalue weighted by Gasteiger charge is -2.26. The van der Waals surface area contributed by atoms with Crippen molar-refractivity contribution in [2.75, 3.05) is 5.32 Å². The number of carbonyl (C=O) groups excluding carboxylic acids is 1. The van der Waals surface area contributed by atoms with Crippen molar-refractivity contribution in [3.8, 4) is 0 Å². The second-order valence-electron chi connectivity index (χ2n) is 5.59. The normalized spacial score (nSPS) is 13.8. The summed E-state index contributed by atoms with van der Waals surface area (Å²) in [5.41, 5.74) is 5.64. The third-order valence-electron chi connectivity index (χ3n) is 2.63. The smallest absolute Gasteiger partial charge is 0.242 e. The number of nitrogens with zero attached hydrogens (tertiary/aromatic N) is 2. The second-order valence-corrected chi connectivity index (χ2v) is 5.59. The molecular weight excluding hydrogens is 216 g/mol. The molecule has 5 nitrogen and oxygen atoms in total. The molecule has 3 N–H and O–H groups in total. The van der Waals surface area contributed by atoms with Crippen LogP contribution in [-0.4, -0.2) is 21.7 Å². The molecule has 0 aliphatic heterocycles. The van der Waals surface area contributed by atoms with E-state index in [2.05, 4.69) is 10.4 Å². The Kier molecular flexibility index (Phi) is 3.93. The van der Waals surface area contributed by atoms with Crippen LogP contribution in [0.4, 0.5) is 5.82 Å². The van der Waals surface area contributed by atoms with E-state index in [9.17, 15) is 4.79 Å². The third-order valence-corrected chi connectivity index (χ3v) is 2.63. The zero-order valence-corrected chi connectivity index (χ0v) is 11.2. The summed E-state index contributed by atoms with van der Waals surface area (Å²) in [6.07, 6.45) is 1.66. The maximum absolute atomic E-state index is 12.0. The Labute approximate surface area is 102 Å². The first-order chi connectivity index (χ1) is 7.73. The molecule has 1 heterocycles. The Hall–Kier alpha value is -1.36. The number of hydrogen-bond donors (Lipinski definition) is 2. The van der Waals surface area contributed by atoms with Gasteiger partial charge in [-0.25, -0.2) is 4.68 Å². The summed E-state index contributed by atoms with van der Waals surface area (Å²) in [5, 5.41) is 6.97. The van der Waals surface area contributed by atoms with Crippen molar-refractivity contribution in [2.24, 2.45) is 11.1 Å². The number of nitrogens with one attached hydrogen (secondary N) is 1. The molecule has 0 saturated heterocycles. The molecule has 0 spiro atoms. The molecule has 0 aliphatic carbocycles. The van der Waals surface area contributed by atoms with Crippen LogP contribution in [0.15, 0.2) is 12.3 Å². The number of carbonyl (C=O) groups is 1. The lowest BCUT2D eigenvalue weighted by molar-refractivity contribution is -0.119. The summed E-state index contributed by atoms with van der Waals surface area (Å²) in [7, 11) is 0. The number of nitrogens with two attached hydrogens (primary N) is 1. The molecule has 0 radical (unpaired) electrons. The van der Waals surface area contributed by atoms with E-state index in [0.29, 0.717) is 5.82 Å². The average Bonchev–Trinajstić information content (AvgIpc) is 2.63. The molecule has 96 valence electrons. The highest BCUT2D eigenvalue weighted by Gasteiger charge is 2.28. The first kappa shape index (κ1) is 13.7. The molecule has 0 unspecified atom stereocenters. The van der Waals surface area contributed by atoms with Crippen molar-refractivity contribution in [1.29, 1.82) is 0 Å². The van der Waals surface area contributed by atoms with Crippen molar-refractivity contribution in [1.82, 2.24) is 9.78 Å². The van der Waals surface area contributed by atoms with Gasteiger partial charge in [0, 0.05) is 12.1 Å². The number of aromatic nitrogens is 2. The number of anilines is 1. The van der Waals surface area contributed by atoms with Gasteiger partial charge in [0.1, 0.15) is 5.82 Å². The summed E-state index contributed by atoms with van der Waals surface area (Å²) in [4.78, 5) is 12.0. The highest BCUT2D eigenvalue weighted by molar-refractivity contribution is 5.94. The van der Waals surface area contributed by atoms with Crippen molar-refractivity contribution in [2.45, 2.75) is 46.7 Å². The molecule has 0 bridgehead atoms. The van der Waals surface area contributed by atoms with Gasteiger partial charge in [0.05, 0.1) is 12.2 Å². The minimum Gasteiger partial charge on any atom is -0.319 e. The summed E-state index contributed by atoms with van der Waals surface area (Å²) >= 11 is 0. The van der Waals surface area contributed by atoms with Gasteiger partial charge in [-0.1, -0.05) is 20.8 Å². The van der Waals surface area contributed by atoms with E-state index >= 15 is 0 Å². The molecule has 0 aromatic carbocycles. The summed E-state index contributed by atoms with van der Waals surface area (Å²) in [6, 6.07) is 1.43. The zero-order chi connectivity index (χ0) is 13.2. The van der Waals surface area contributed by atoms with Gasteiger partial charge in [0.2, 0.25) is 5.91 Å². The molecule has 5 heteroatoms.